The predicted octanol–water partition coefficient (Wildman–Crippen LogP) is 4.31. The van der Waals surface area contributed by atoms with Crippen molar-refractivity contribution in [3.05, 3.63) is 64.1 Å². The number of carbonyl (C=O) groups excluding carboxylic acids is 1. The molecule has 2 aliphatic rings. The van der Waals surface area contributed by atoms with Gasteiger partial charge in [0.2, 0.25) is 5.91 Å². The van der Waals surface area contributed by atoms with Crippen molar-refractivity contribution in [3.8, 4) is 16.9 Å². The lowest BCUT2D eigenvalue weighted by molar-refractivity contribution is -0.128. The number of hydrogen-bond acceptors (Lipinski definition) is 6. The largest absolute Gasteiger partial charge is 0.488 e. The highest BCUT2D eigenvalue weighted by Gasteiger charge is 2.36. The van der Waals surface area contributed by atoms with Gasteiger partial charge in [0.15, 0.2) is 5.75 Å². The van der Waals surface area contributed by atoms with Crippen molar-refractivity contribution in [1.29, 1.82) is 0 Å². The molecule has 1 amide bonds. The topological polar surface area (TPSA) is 87.9 Å². The van der Waals surface area contributed by atoms with Gasteiger partial charge in [-0.15, -0.1) is 0 Å². The summed E-state index contributed by atoms with van der Waals surface area (Å²) in [7, 11) is 0. The standard InChI is InChI=1S/C28H29ClF2N4O4/c1-4-23(37)33-12-16(3)34(13-15(33)2)27-20-11-21(29)24(19-8-7-17(30)10-22(19)31)26-25(20)35(28(38)32-27)18(14-39-26)6-5-9-36/h4,7-8,10-11,15-16,18,36H,1,5-6,9,12-14H2,2-3H3/t15-,16+,18+/m1/s1. The maximum atomic E-state index is 15.0. The normalized spacial score (nSPS) is 20.7. The zero-order valence-electron chi connectivity index (χ0n) is 21.7. The molecule has 0 saturated carbocycles. The summed E-state index contributed by atoms with van der Waals surface area (Å²) in [6.07, 6.45) is 2.19. The van der Waals surface area contributed by atoms with E-state index in [1.54, 1.807) is 11.0 Å². The van der Waals surface area contributed by atoms with Crippen molar-refractivity contribution in [2.45, 2.75) is 44.8 Å². The van der Waals surface area contributed by atoms with Crippen LogP contribution in [0.1, 0.15) is 32.7 Å². The van der Waals surface area contributed by atoms with E-state index < -0.39 is 23.4 Å². The Labute approximate surface area is 229 Å². The third-order valence-corrected chi connectivity index (χ3v) is 7.79. The lowest BCUT2D eigenvalue weighted by atomic mass is 9.98. The molecule has 3 aromatic rings. The number of aromatic nitrogens is 2. The number of aliphatic hydroxyl groups excluding tert-OH is 1. The molecule has 39 heavy (non-hydrogen) atoms. The van der Waals surface area contributed by atoms with Crippen molar-refractivity contribution in [1.82, 2.24) is 14.5 Å². The Bertz CT molecular complexity index is 1530. The van der Waals surface area contributed by atoms with Gasteiger partial charge in [-0.25, -0.2) is 13.6 Å². The maximum absolute atomic E-state index is 15.0. The van der Waals surface area contributed by atoms with Gasteiger partial charge in [-0.1, -0.05) is 18.2 Å². The molecule has 0 unspecified atom stereocenters. The molecule has 1 N–H and O–H groups in total. The fourth-order valence-electron chi connectivity index (χ4n) is 5.61. The smallest absolute Gasteiger partial charge is 0.350 e. The number of benzene rings is 2. The quantitative estimate of drug-likeness (QED) is 0.454. The lowest BCUT2D eigenvalue weighted by Crippen LogP contribution is -2.58. The first-order valence-electron chi connectivity index (χ1n) is 12.8. The van der Waals surface area contributed by atoms with Gasteiger partial charge in [0, 0.05) is 54.4 Å². The lowest BCUT2D eigenvalue weighted by Gasteiger charge is -2.45. The first-order valence-corrected chi connectivity index (χ1v) is 13.2. The number of rotatable bonds is 6. The van der Waals surface area contributed by atoms with Crippen LogP contribution in [-0.4, -0.2) is 63.9 Å². The molecule has 0 radical (unpaired) electrons. The monoisotopic (exact) mass is 558 g/mol. The van der Waals surface area contributed by atoms with E-state index in [0.29, 0.717) is 42.7 Å². The minimum atomic E-state index is -0.813. The Morgan fingerprint density at radius 3 is 2.72 bits per heavy atom. The number of piperazine rings is 1. The van der Waals surface area contributed by atoms with E-state index in [1.165, 1.54) is 16.7 Å². The minimum absolute atomic E-state index is 0.0445. The van der Waals surface area contributed by atoms with Gasteiger partial charge in [0.05, 0.1) is 16.6 Å². The van der Waals surface area contributed by atoms with Gasteiger partial charge >= 0.3 is 5.69 Å². The van der Waals surface area contributed by atoms with Crippen molar-refractivity contribution in [2.75, 3.05) is 31.2 Å². The summed E-state index contributed by atoms with van der Waals surface area (Å²) in [5.41, 5.74) is 0.160. The average molecular weight is 559 g/mol. The highest BCUT2D eigenvalue weighted by atomic mass is 35.5. The molecule has 3 heterocycles. The van der Waals surface area contributed by atoms with Crippen LogP contribution in [0.3, 0.4) is 0 Å². The van der Waals surface area contributed by atoms with E-state index in [0.717, 1.165) is 12.1 Å². The Morgan fingerprint density at radius 1 is 1.26 bits per heavy atom. The molecule has 206 valence electrons. The van der Waals surface area contributed by atoms with Crippen LogP contribution in [0.5, 0.6) is 5.75 Å². The molecular formula is C28H29ClF2N4O4. The van der Waals surface area contributed by atoms with Gasteiger partial charge in [0.25, 0.3) is 0 Å². The Balaban J connectivity index is 1.75. The molecule has 11 heteroatoms. The number of carbonyl (C=O) groups is 1. The van der Waals surface area contributed by atoms with Gasteiger partial charge < -0.3 is 19.6 Å². The van der Waals surface area contributed by atoms with Crippen molar-refractivity contribution >= 4 is 34.2 Å². The van der Waals surface area contributed by atoms with Crippen LogP contribution < -0.4 is 15.3 Å². The van der Waals surface area contributed by atoms with E-state index >= 15 is 0 Å². The van der Waals surface area contributed by atoms with E-state index in [-0.39, 0.29) is 53.1 Å². The van der Waals surface area contributed by atoms with Gasteiger partial charge in [-0.05, 0) is 51.0 Å². The number of halogens is 3. The third-order valence-electron chi connectivity index (χ3n) is 7.49. The average Bonchev–Trinajstić information content (AvgIpc) is 2.90. The molecule has 0 bridgehead atoms. The zero-order chi connectivity index (χ0) is 28.0. The summed E-state index contributed by atoms with van der Waals surface area (Å²) in [5.74, 6) is -1.12. The van der Waals surface area contributed by atoms with E-state index in [4.69, 9.17) is 16.3 Å². The van der Waals surface area contributed by atoms with Crippen LogP contribution in [0.15, 0.2) is 41.7 Å². The molecular weight excluding hydrogens is 530 g/mol. The molecule has 1 saturated heterocycles. The first kappa shape index (κ1) is 27.1. The summed E-state index contributed by atoms with van der Waals surface area (Å²) >= 11 is 6.76. The molecule has 3 atom stereocenters. The molecule has 1 aromatic heterocycles. The molecule has 8 nitrogen and oxygen atoms in total. The van der Waals surface area contributed by atoms with Crippen molar-refractivity contribution < 1.29 is 23.4 Å². The van der Waals surface area contributed by atoms with E-state index in [2.05, 4.69) is 11.6 Å². The Morgan fingerprint density at radius 2 is 2.03 bits per heavy atom. The van der Waals surface area contributed by atoms with E-state index in [9.17, 15) is 23.5 Å². The fourth-order valence-corrected chi connectivity index (χ4v) is 5.90. The predicted molar refractivity (Wildman–Crippen MR) is 145 cm³/mol. The maximum Gasteiger partial charge on any atom is 0.350 e. The number of hydrogen-bond donors (Lipinski definition) is 1. The van der Waals surface area contributed by atoms with Crippen LogP contribution in [-0.2, 0) is 4.79 Å². The summed E-state index contributed by atoms with van der Waals surface area (Å²) in [4.78, 5) is 34.2. The molecule has 2 aromatic carbocycles. The molecule has 1 fully saturated rings. The second-order valence-electron chi connectivity index (χ2n) is 10.0. The number of amides is 1. The molecule has 2 aliphatic heterocycles. The third kappa shape index (κ3) is 4.65. The van der Waals surface area contributed by atoms with Crippen molar-refractivity contribution in [2.24, 2.45) is 0 Å². The molecule has 5 rings (SSSR count). The second kappa shape index (κ2) is 10.6. The number of ether oxygens (including phenoxy) is 1. The SMILES string of the molecule is C=CC(=O)N1C[C@H](C)N(c2nc(=O)n3c4c(c(-c5ccc(F)cc5F)c(Cl)cc24)OC[C@@H]3CCCO)C[C@H]1C. The van der Waals surface area contributed by atoms with Crippen LogP contribution in [0.25, 0.3) is 22.0 Å². The molecule has 0 spiro atoms. The van der Waals surface area contributed by atoms with Gasteiger partial charge in [-0.2, -0.15) is 4.98 Å². The fraction of sp³-hybridized carbons (Fsp3) is 0.393. The summed E-state index contributed by atoms with van der Waals surface area (Å²) in [5, 5.41) is 10.1. The van der Waals surface area contributed by atoms with Crippen molar-refractivity contribution in [3.63, 3.8) is 0 Å². The zero-order valence-corrected chi connectivity index (χ0v) is 22.4. The van der Waals surface area contributed by atoms with Crippen LogP contribution in [0.4, 0.5) is 14.6 Å². The van der Waals surface area contributed by atoms with E-state index in [1.807, 2.05) is 18.7 Å². The van der Waals surface area contributed by atoms with Crippen LogP contribution in [0, 0.1) is 11.6 Å². The first-order chi connectivity index (χ1) is 18.7. The minimum Gasteiger partial charge on any atom is -0.488 e. The number of anilines is 1. The number of aliphatic hydroxyl groups is 1. The highest BCUT2D eigenvalue weighted by molar-refractivity contribution is 6.35. The second-order valence-corrected chi connectivity index (χ2v) is 10.5. The summed E-state index contributed by atoms with van der Waals surface area (Å²) < 4.78 is 36.4. The van der Waals surface area contributed by atoms with Gasteiger partial charge in [-0.3, -0.25) is 9.36 Å². The Kier molecular flexibility index (Phi) is 7.35. The van der Waals surface area contributed by atoms with Crippen LogP contribution in [0.2, 0.25) is 5.02 Å². The Hall–Kier alpha value is -3.50. The van der Waals surface area contributed by atoms with Crippen LogP contribution >= 0.6 is 11.6 Å². The van der Waals surface area contributed by atoms with Gasteiger partial charge in [0.1, 0.15) is 24.1 Å². The highest BCUT2D eigenvalue weighted by Crippen LogP contribution is 2.47. The molecule has 0 aliphatic carbocycles. The summed E-state index contributed by atoms with van der Waals surface area (Å²) in [6.45, 7) is 8.28. The summed E-state index contributed by atoms with van der Waals surface area (Å²) in [6, 6.07) is 4.04. The number of nitrogens with zero attached hydrogens (tertiary/aromatic N) is 4.